The van der Waals surface area contributed by atoms with Crippen LogP contribution in [0.25, 0.3) is 0 Å². The molecule has 0 fully saturated rings. The molecule has 21 heavy (non-hydrogen) atoms. The number of hydrogen-bond acceptors (Lipinski definition) is 3. The van der Waals surface area contributed by atoms with Crippen molar-refractivity contribution in [2.24, 2.45) is 5.73 Å². The summed E-state index contributed by atoms with van der Waals surface area (Å²) in [6.07, 6.45) is 2.06. The van der Waals surface area contributed by atoms with Crippen LogP contribution in [-0.2, 0) is 11.2 Å². The molecule has 1 rings (SSSR count). The molecule has 3 N–H and O–H groups in total. The molecule has 2 atom stereocenters. The number of unbranched alkanes of at least 4 members (excludes halogenated alkanes) is 1. The van der Waals surface area contributed by atoms with E-state index < -0.39 is 6.10 Å². The summed E-state index contributed by atoms with van der Waals surface area (Å²) in [6.45, 7) is 6.39. The van der Waals surface area contributed by atoms with E-state index in [9.17, 15) is 4.79 Å². The molecule has 0 aliphatic rings. The first-order chi connectivity index (χ1) is 9.95. The van der Waals surface area contributed by atoms with Crippen LogP contribution in [0.2, 0.25) is 5.02 Å². The molecular weight excluding hydrogens is 288 g/mol. The zero-order valence-corrected chi connectivity index (χ0v) is 13.7. The Morgan fingerprint density at radius 1 is 1.43 bits per heavy atom. The summed E-state index contributed by atoms with van der Waals surface area (Å²) in [5.41, 5.74) is 6.76. The van der Waals surface area contributed by atoms with Crippen LogP contribution >= 0.6 is 11.6 Å². The third kappa shape index (κ3) is 5.94. The van der Waals surface area contributed by atoms with Gasteiger partial charge in [0.1, 0.15) is 5.75 Å². The Labute approximate surface area is 132 Å². The predicted octanol–water partition coefficient (Wildman–Crippen LogP) is 2.91. The lowest BCUT2D eigenvalue weighted by molar-refractivity contribution is -0.127. The molecule has 4 nitrogen and oxygen atoms in total. The fourth-order valence-corrected chi connectivity index (χ4v) is 2.19. The topological polar surface area (TPSA) is 64.3 Å². The second kappa shape index (κ2) is 8.90. The van der Waals surface area contributed by atoms with Gasteiger partial charge in [-0.25, -0.2) is 0 Å². The Morgan fingerprint density at radius 2 is 2.14 bits per heavy atom. The van der Waals surface area contributed by atoms with Gasteiger partial charge in [0.05, 0.1) is 5.02 Å². The summed E-state index contributed by atoms with van der Waals surface area (Å²) in [5.74, 6) is 0.421. The standard InChI is InChI=1S/C16H25ClN2O2/c1-4-5-9-19-16(20)12(3)21-15-13(10-11(2)18)7-6-8-14(15)17/h6-8,11-12H,4-5,9-10,18H2,1-3H3,(H,19,20). The lowest BCUT2D eigenvalue weighted by atomic mass is 10.1. The molecule has 0 heterocycles. The highest BCUT2D eigenvalue weighted by molar-refractivity contribution is 6.32. The molecule has 0 bridgehead atoms. The summed E-state index contributed by atoms with van der Waals surface area (Å²) in [5, 5.41) is 3.35. The Hall–Kier alpha value is -1.26. The Kier molecular flexibility index (Phi) is 7.54. The summed E-state index contributed by atoms with van der Waals surface area (Å²) in [7, 11) is 0. The highest BCUT2D eigenvalue weighted by Gasteiger charge is 2.18. The van der Waals surface area contributed by atoms with E-state index >= 15 is 0 Å². The number of benzene rings is 1. The molecule has 1 aromatic rings. The van der Waals surface area contributed by atoms with E-state index in [2.05, 4.69) is 12.2 Å². The van der Waals surface area contributed by atoms with E-state index in [1.54, 1.807) is 13.0 Å². The summed E-state index contributed by atoms with van der Waals surface area (Å²) < 4.78 is 5.77. The van der Waals surface area contributed by atoms with Crippen molar-refractivity contribution < 1.29 is 9.53 Å². The molecule has 0 saturated carbocycles. The quantitative estimate of drug-likeness (QED) is 0.725. The second-order valence-corrected chi connectivity index (χ2v) is 5.72. The van der Waals surface area contributed by atoms with E-state index in [1.165, 1.54) is 0 Å². The molecule has 5 heteroatoms. The van der Waals surface area contributed by atoms with E-state index in [1.807, 2.05) is 19.1 Å². The van der Waals surface area contributed by atoms with Gasteiger partial charge < -0.3 is 15.8 Å². The SMILES string of the molecule is CCCCNC(=O)C(C)Oc1c(Cl)cccc1CC(C)N. The molecule has 1 amide bonds. The molecule has 118 valence electrons. The maximum absolute atomic E-state index is 12.0. The van der Waals surface area contributed by atoms with Crippen LogP contribution in [0.15, 0.2) is 18.2 Å². The van der Waals surface area contributed by atoms with Crippen molar-refractivity contribution in [1.82, 2.24) is 5.32 Å². The van der Waals surface area contributed by atoms with Gasteiger partial charge in [0.25, 0.3) is 5.91 Å². The van der Waals surface area contributed by atoms with Crippen molar-refractivity contribution in [2.75, 3.05) is 6.54 Å². The number of nitrogens with two attached hydrogens (primary N) is 1. The number of hydrogen-bond donors (Lipinski definition) is 2. The monoisotopic (exact) mass is 312 g/mol. The number of para-hydroxylation sites is 1. The van der Waals surface area contributed by atoms with Gasteiger partial charge in [-0.15, -0.1) is 0 Å². The van der Waals surface area contributed by atoms with Crippen molar-refractivity contribution in [3.8, 4) is 5.75 Å². The van der Waals surface area contributed by atoms with Gasteiger partial charge >= 0.3 is 0 Å². The minimum Gasteiger partial charge on any atom is -0.479 e. The van der Waals surface area contributed by atoms with Crippen molar-refractivity contribution in [1.29, 1.82) is 0 Å². The highest BCUT2D eigenvalue weighted by Crippen LogP contribution is 2.30. The molecule has 2 unspecified atom stereocenters. The van der Waals surface area contributed by atoms with E-state index in [0.29, 0.717) is 23.7 Å². The molecule has 0 aliphatic heterocycles. The number of halogens is 1. The van der Waals surface area contributed by atoms with Crippen molar-refractivity contribution in [3.63, 3.8) is 0 Å². The van der Waals surface area contributed by atoms with Gasteiger partial charge in [0.2, 0.25) is 0 Å². The summed E-state index contributed by atoms with van der Waals surface area (Å²) in [4.78, 5) is 12.0. The van der Waals surface area contributed by atoms with Gasteiger partial charge in [-0.2, -0.15) is 0 Å². The average Bonchev–Trinajstić information content (AvgIpc) is 2.42. The summed E-state index contributed by atoms with van der Waals surface area (Å²) in [6, 6.07) is 5.54. The van der Waals surface area contributed by atoms with Crippen molar-refractivity contribution in [2.45, 2.75) is 52.2 Å². The van der Waals surface area contributed by atoms with Crippen LogP contribution in [0.5, 0.6) is 5.75 Å². The van der Waals surface area contributed by atoms with Gasteiger partial charge in [-0.3, -0.25) is 4.79 Å². The number of rotatable bonds is 8. The maximum atomic E-state index is 12.0. The van der Waals surface area contributed by atoms with Crippen LogP contribution in [0.3, 0.4) is 0 Å². The fourth-order valence-electron chi connectivity index (χ4n) is 1.96. The second-order valence-electron chi connectivity index (χ2n) is 5.31. The van der Waals surface area contributed by atoms with Crippen LogP contribution in [0, 0.1) is 0 Å². The molecule has 0 saturated heterocycles. The lowest BCUT2D eigenvalue weighted by Crippen LogP contribution is -2.37. The van der Waals surface area contributed by atoms with Gasteiger partial charge in [0, 0.05) is 12.6 Å². The molecule has 0 radical (unpaired) electrons. The maximum Gasteiger partial charge on any atom is 0.260 e. The summed E-state index contributed by atoms with van der Waals surface area (Å²) >= 11 is 6.19. The third-order valence-electron chi connectivity index (χ3n) is 3.08. The molecule has 1 aromatic carbocycles. The first kappa shape index (κ1) is 17.8. The zero-order chi connectivity index (χ0) is 15.8. The first-order valence-corrected chi connectivity index (χ1v) is 7.80. The molecule has 0 spiro atoms. The van der Waals surface area contributed by atoms with Gasteiger partial charge in [-0.05, 0) is 38.3 Å². The number of carbonyl (C=O) groups excluding carboxylic acids is 1. The number of ether oxygens (including phenoxy) is 1. The Bertz CT molecular complexity index is 464. The van der Waals surface area contributed by atoms with Crippen LogP contribution < -0.4 is 15.8 Å². The minimum absolute atomic E-state index is 0.000460. The molecule has 0 aliphatic carbocycles. The van der Waals surface area contributed by atoms with E-state index in [-0.39, 0.29) is 11.9 Å². The lowest BCUT2D eigenvalue weighted by Gasteiger charge is -2.19. The van der Waals surface area contributed by atoms with Crippen LogP contribution in [0.4, 0.5) is 0 Å². The Morgan fingerprint density at radius 3 is 2.76 bits per heavy atom. The molecular formula is C16H25ClN2O2. The zero-order valence-electron chi connectivity index (χ0n) is 13.0. The highest BCUT2D eigenvalue weighted by atomic mass is 35.5. The molecule has 0 aromatic heterocycles. The third-order valence-corrected chi connectivity index (χ3v) is 3.38. The predicted molar refractivity (Wildman–Crippen MR) is 86.8 cm³/mol. The van der Waals surface area contributed by atoms with Gasteiger partial charge in [0.15, 0.2) is 6.10 Å². The average molecular weight is 313 g/mol. The fraction of sp³-hybridized carbons (Fsp3) is 0.562. The number of nitrogens with one attached hydrogen (secondary N) is 1. The van der Waals surface area contributed by atoms with Gasteiger partial charge in [-0.1, -0.05) is 37.1 Å². The van der Waals surface area contributed by atoms with Crippen LogP contribution in [-0.4, -0.2) is 24.6 Å². The normalized spacial score (nSPS) is 13.6. The minimum atomic E-state index is -0.589. The Balaban J connectivity index is 2.74. The number of carbonyl (C=O) groups is 1. The van der Waals surface area contributed by atoms with E-state index in [0.717, 1.165) is 18.4 Å². The smallest absolute Gasteiger partial charge is 0.260 e. The number of amides is 1. The van der Waals surface area contributed by atoms with Crippen molar-refractivity contribution >= 4 is 17.5 Å². The van der Waals surface area contributed by atoms with Crippen LogP contribution in [0.1, 0.15) is 39.2 Å². The first-order valence-electron chi connectivity index (χ1n) is 7.43. The van der Waals surface area contributed by atoms with Crippen molar-refractivity contribution in [3.05, 3.63) is 28.8 Å². The van der Waals surface area contributed by atoms with E-state index in [4.69, 9.17) is 22.1 Å². The largest absolute Gasteiger partial charge is 0.479 e.